The smallest absolute Gasteiger partial charge is 0.137 e. The Kier molecular flexibility index (Phi) is 3.85. The molecule has 0 spiro atoms. The second-order valence-corrected chi connectivity index (χ2v) is 3.72. The Balaban J connectivity index is 2.88. The summed E-state index contributed by atoms with van der Waals surface area (Å²) in [6, 6.07) is 6.99. The van der Waals surface area contributed by atoms with E-state index < -0.39 is 10.9 Å². The van der Waals surface area contributed by atoms with Crippen LogP contribution in [0.5, 0.6) is 5.75 Å². The first-order chi connectivity index (χ1) is 6.15. The number of halogens is 2. The Morgan fingerprint density at radius 3 is 2.62 bits per heavy atom. The van der Waals surface area contributed by atoms with Crippen molar-refractivity contribution in [3.05, 3.63) is 29.8 Å². The lowest BCUT2D eigenvalue weighted by Crippen LogP contribution is -2.05. The fraction of sp³-hybridized carbons (Fsp3) is 0.333. The van der Waals surface area contributed by atoms with E-state index in [4.69, 9.17) is 27.9 Å². The van der Waals surface area contributed by atoms with Crippen LogP contribution >= 0.6 is 23.2 Å². The van der Waals surface area contributed by atoms with Gasteiger partial charge in [-0.2, -0.15) is 0 Å². The number of alkyl halides is 2. The molecule has 1 N–H and O–H groups in total. The zero-order chi connectivity index (χ0) is 9.84. The maximum atomic E-state index is 9.50. The normalized spacial score (nSPS) is 13.0. The average molecular weight is 221 g/mol. The molecule has 2 nitrogen and oxygen atoms in total. The molecular weight excluding hydrogens is 211 g/mol. The summed E-state index contributed by atoms with van der Waals surface area (Å²) < 4.78 is 4.99. The summed E-state index contributed by atoms with van der Waals surface area (Å²) in [5.41, 5.74) is 0.648. The molecule has 0 aliphatic carbocycles. The van der Waals surface area contributed by atoms with Crippen molar-refractivity contribution in [2.75, 3.05) is 7.11 Å². The molecule has 0 unspecified atom stereocenters. The molecule has 13 heavy (non-hydrogen) atoms. The van der Waals surface area contributed by atoms with E-state index in [1.807, 2.05) is 0 Å². The van der Waals surface area contributed by atoms with Crippen LogP contribution in [-0.4, -0.2) is 17.1 Å². The fourth-order valence-electron chi connectivity index (χ4n) is 0.971. The standard InChI is InChI=1S/C9H10Cl2O2/c1-13-7-4-2-3-6(5-7)8(12)9(10)11/h2-5,8-9,12H,1H3/t8-/m1/s1. The first kappa shape index (κ1) is 10.6. The van der Waals surface area contributed by atoms with Gasteiger partial charge < -0.3 is 9.84 Å². The van der Waals surface area contributed by atoms with Gasteiger partial charge in [-0.1, -0.05) is 12.1 Å². The summed E-state index contributed by atoms with van der Waals surface area (Å²) in [6.45, 7) is 0. The lowest BCUT2D eigenvalue weighted by molar-refractivity contribution is 0.192. The summed E-state index contributed by atoms with van der Waals surface area (Å²) in [5, 5.41) is 9.50. The zero-order valence-corrected chi connectivity index (χ0v) is 8.59. The summed E-state index contributed by atoms with van der Waals surface area (Å²) in [4.78, 5) is -0.827. The molecule has 0 aliphatic rings. The van der Waals surface area contributed by atoms with Crippen LogP contribution in [0.2, 0.25) is 0 Å². The van der Waals surface area contributed by atoms with E-state index in [2.05, 4.69) is 0 Å². The third-order valence-electron chi connectivity index (χ3n) is 1.67. The van der Waals surface area contributed by atoms with Gasteiger partial charge in [0.05, 0.1) is 7.11 Å². The number of hydrogen-bond acceptors (Lipinski definition) is 2. The van der Waals surface area contributed by atoms with Crippen molar-refractivity contribution in [1.82, 2.24) is 0 Å². The van der Waals surface area contributed by atoms with Crippen LogP contribution < -0.4 is 4.74 Å². The topological polar surface area (TPSA) is 29.5 Å². The van der Waals surface area contributed by atoms with Gasteiger partial charge in [0.25, 0.3) is 0 Å². The largest absolute Gasteiger partial charge is 0.497 e. The molecule has 0 bridgehead atoms. The van der Waals surface area contributed by atoms with E-state index in [1.54, 1.807) is 31.4 Å². The molecular formula is C9H10Cl2O2. The molecule has 1 aromatic carbocycles. The van der Waals surface area contributed by atoms with E-state index in [0.717, 1.165) is 0 Å². The highest BCUT2D eigenvalue weighted by atomic mass is 35.5. The van der Waals surface area contributed by atoms with Gasteiger partial charge in [0, 0.05) is 0 Å². The molecule has 0 aliphatic heterocycles. The molecule has 0 saturated heterocycles. The predicted molar refractivity (Wildman–Crippen MR) is 53.4 cm³/mol. The monoisotopic (exact) mass is 220 g/mol. The van der Waals surface area contributed by atoms with Crippen molar-refractivity contribution in [2.24, 2.45) is 0 Å². The van der Waals surface area contributed by atoms with Crippen molar-refractivity contribution in [2.45, 2.75) is 10.9 Å². The van der Waals surface area contributed by atoms with Crippen LogP contribution in [0.4, 0.5) is 0 Å². The number of hydrogen-bond donors (Lipinski definition) is 1. The Bertz CT molecular complexity index is 276. The van der Waals surface area contributed by atoms with Crippen molar-refractivity contribution in [3.63, 3.8) is 0 Å². The molecule has 0 amide bonds. The maximum Gasteiger partial charge on any atom is 0.137 e. The number of rotatable bonds is 3. The van der Waals surface area contributed by atoms with Crippen LogP contribution in [0.15, 0.2) is 24.3 Å². The minimum Gasteiger partial charge on any atom is -0.497 e. The van der Waals surface area contributed by atoms with Crippen LogP contribution in [0.1, 0.15) is 11.7 Å². The number of methoxy groups -OCH3 is 1. The third kappa shape index (κ3) is 2.76. The van der Waals surface area contributed by atoms with Crippen LogP contribution in [0.25, 0.3) is 0 Å². The summed E-state index contributed by atoms with van der Waals surface area (Å²) in [6.07, 6.45) is -0.876. The summed E-state index contributed by atoms with van der Waals surface area (Å²) in [7, 11) is 1.56. The minimum absolute atomic E-state index is 0.648. The second kappa shape index (κ2) is 4.70. The summed E-state index contributed by atoms with van der Waals surface area (Å²) in [5.74, 6) is 0.672. The maximum absolute atomic E-state index is 9.50. The third-order valence-corrected chi connectivity index (χ3v) is 2.15. The lowest BCUT2D eigenvalue weighted by Gasteiger charge is -2.12. The Morgan fingerprint density at radius 1 is 1.38 bits per heavy atom. The van der Waals surface area contributed by atoms with Crippen molar-refractivity contribution < 1.29 is 9.84 Å². The van der Waals surface area contributed by atoms with E-state index in [9.17, 15) is 5.11 Å². The van der Waals surface area contributed by atoms with Crippen LogP contribution in [-0.2, 0) is 0 Å². The Labute approximate surface area is 87.0 Å². The van der Waals surface area contributed by atoms with Gasteiger partial charge in [0.1, 0.15) is 16.7 Å². The Hall–Kier alpha value is -0.440. The van der Waals surface area contributed by atoms with Gasteiger partial charge >= 0.3 is 0 Å². The van der Waals surface area contributed by atoms with Gasteiger partial charge in [-0.25, -0.2) is 0 Å². The summed E-state index contributed by atoms with van der Waals surface area (Å²) >= 11 is 11.1. The highest BCUT2D eigenvalue weighted by molar-refractivity contribution is 6.44. The first-order valence-electron chi connectivity index (χ1n) is 3.75. The van der Waals surface area contributed by atoms with Gasteiger partial charge in [0.15, 0.2) is 0 Å². The quantitative estimate of drug-likeness (QED) is 0.794. The van der Waals surface area contributed by atoms with E-state index in [-0.39, 0.29) is 0 Å². The molecule has 0 radical (unpaired) electrons. The highest BCUT2D eigenvalue weighted by Gasteiger charge is 2.15. The minimum atomic E-state index is -0.876. The predicted octanol–water partition coefficient (Wildman–Crippen LogP) is 2.53. The van der Waals surface area contributed by atoms with Crippen molar-refractivity contribution in [1.29, 1.82) is 0 Å². The van der Waals surface area contributed by atoms with Crippen LogP contribution in [0, 0.1) is 0 Å². The number of aliphatic hydroxyl groups excluding tert-OH is 1. The number of aliphatic hydroxyl groups is 1. The molecule has 0 saturated carbocycles. The van der Waals surface area contributed by atoms with Crippen molar-refractivity contribution >= 4 is 23.2 Å². The molecule has 0 fully saturated rings. The van der Waals surface area contributed by atoms with Gasteiger partial charge in [-0.05, 0) is 17.7 Å². The van der Waals surface area contributed by atoms with Gasteiger partial charge in [-0.15, -0.1) is 23.2 Å². The number of benzene rings is 1. The molecule has 4 heteroatoms. The Morgan fingerprint density at radius 2 is 2.08 bits per heavy atom. The fourth-order valence-corrected chi connectivity index (χ4v) is 1.26. The molecule has 0 heterocycles. The molecule has 1 atom stereocenters. The molecule has 1 aromatic rings. The number of ether oxygens (including phenoxy) is 1. The van der Waals surface area contributed by atoms with Crippen LogP contribution in [0.3, 0.4) is 0 Å². The molecule has 1 rings (SSSR count). The molecule has 0 aromatic heterocycles. The zero-order valence-electron chi connectivity index (χ0n) is 7.08. The molecule has 72 valence electrons. The van der Waals surface area contributed by atoms with Gasteiger partial charge in [0.2, 0.25) is 0 Å². The second-order valence-electron chi connectivity index (χ2n) is 2.56. The van der Waals surface area contributed by atoms with Crippen molar-refractivity contribution in [3.8, 4) is 5.75 Å². The van der Waals surface area contributed by atoms with Gasteiger partial charge in [-0.3, -0.25) is 0 Å². The van der Waals surface area contributed by atoms with E-state index in [1.165, 1.54) is 0 Å². The SMILES string of the molecule is COc1cccc([C@@H](O)C(Cl)Cl)c1. The first-order valence-corrected chi connectivity index (χ1v) is 4.62. The lowest BCUT2D eigenvalue weighted by atomic mass is 10.1. The average Bonchev–Trinajstić information content (AvgIpc) is 2.16. The van der Waals surface area contributed by atoms with E-state index >= 15 is 0 Å². The van der Waals surface area contributed by atoms with E-state index in [0.29, 0.717) is 11.3 Å². The highest BCUT2D eigenvalue weighted by Crippen LogP contribution is 2.26.